The summed E-state index contributed by atoms with van der Waals surface area (Å²) in [6.07, 6.45) is 3.92. The highest BCUT2D eigenvalue weighted by Gasteiger charge is 1.89. The molecule has 0 spiro atoms. The summed E-state index contributed by atoms with van der Waals surface area (Å²) in [6.45, 7) is 0. The van der Waals surface area contributed by atoms with Crippen molar-refractivity contribution in [1.29, 1.82) is 0 Å². The van der Waals surface area contributed by atoms with Gasteiger partial charge in [-0.1, -0.05) is 0 Å². The van der Waals surface area contributed by atoms with Crippen molar-refractivity contribution >= 4 is 22.6 Å². The van der Waals surface area contributed by atoms with E-state index >= 15 is 0 Å². The molecular formula is C5H3INO. The van der Waals surface area contributed by atoms with E-state index in [4.69, 9.17) is 0 Å². The zero-order valence-corrected chi connectivity index (χ0v) is 6.12. The first-order chi connectivity index (χ1) is 3.79. The van der Waals surface area contributed by atoms with Gasteiger partial charge in [-0.25, -0.2) is 0 Å². The Balaban J connectivity index is 3.08. The van der Waals surface area contributed by atoms with Crippen molar-refractivity contribution in [3.63, 3.8) is 0 Å². The van der Waals surface area contributed by atoms with Crippen molar-refractivity contribution in [1.82, 2.24) is 0 Å². The summed E-state index contributed by atoms with van der Waals surface area (Å²) in [5.41, 5.74) is 0. The Morgan fingerprint density at radius 3 is 2.88 bits per heavy atom. The summed E-state index contributed by atoms with van der Waals surface area (Å²) in [6, 6.07) is 3.50. The van der Waals surface area contributed by atoms with Crippen LogP contribution in [0.1, 0.15) is 0 Å². The van der Waals surface area contributed by atoms with E-state index < -0.39 is 0 Å². The number of halogens is 1. The largest absolute Gasteiger partial charge is 0.618 e. The van der Waals surface area contributed by atoms with Crippen LogP contribution in [0.3, 0.4) is 0 Å². The van der Waals surface area contributed by atoms with E-state index in [1.807, 2.05) is 28.7 Å². The van der Waals surface area contributed by atoms with E-state index in [0.29, 0.717) is 4.73 Å². The van der Waals surface area contributed by atoms with E-state index in [1.165, 1.54) is 6.20 Å². The quantitative estimate of drug-likeness (QED) is 0.359. The van der Waals surface area contributed by atoms with E-state index in [9.17, 15) is 5.21 Å². The van der Waals surface area contributed by atoms with Crippen molar-refractivity contribution < 1.29 is 4.73 Å². The molecular weight excluding hydrogens is 217 g/mol. The molecule has 1 rings (SSSR count). The minimum absolute atomic E-state index is 0.655. The van der Waals surface area contributed by atoms with Crippen LogP contribution in [0.4, 0.5) is 0 Å². The minimum atomic E-state index is 0.655. The molecule has 0 aliphatic carbocycles. The Labute approximate surface area is 60.9 Å². The summed E-state index contributed by atoms with van der Waals surface area (Å²) in [5, 5.41) is 10.3. The second kappa shape index (κ2) is 2.30. The maximum Gasteiger partial charge on any atom is 0.304 e. The lowest BCUT2D eigenvalue weighted by Gasteiger charge is -1.89. The van der Waals surface area contributed by atoms with Crippen LogP contribution in [-0.4, -0.2) is 0 Å². The summed E-state index contributed by atoms with van der Waals surface area (Å²) >= 11 is 2.03. The van der Waals surface area contributed by atoms with Crippen LogP contribution >= 0.6 is 22.6 Å². The van der Waals surface area contributed by atoms with Crippen LogP contribution in [0.5, 0.6) is 0 Å². The maximum absolute atomic E-state index is 10.3. The van der Waals surface area contributed by atoms with Crippen LogP contribution in [0, 0.1) is 15.0 Å². The first-order valence-electron chi connectivity index (χ1n) is 2.06. The summed E-state index contributed by atoms with van der Waals surface area (Å²) in [4.78, 5) is 0. The molecule has 1 aromatic rings. The predicted molar refractivity (Wildman–Crippen MR) is 37.0 cm³/mol. The molecule has 41 valence electrons. The van der Waals surface area contributed by atoms with Gasteiger partial charge in [-0.2, -0.15) is 4.73 Å². The topological polar surface area (TPSA) is 26.9 Å². The van der Waals surface area contributed by atoms with Crippen LogP contribution < -0.4 is 4.73 Å². The molecule has 0 amide bonds. The second-order valence-electron chi connectivity index (χ2n) is 1.29. The third kappa shape index (κ3) is 1.33. The highest BCUT2D eigenvalue weighted by Crippen LogP contribution is 1.95. The Morgan fingerprint density at radius 1 is 1.75 bits per heavy atom. The van der Waals surface area contributed by atoms with Gasteiger partial charge in [-0.15, -0.1) is 0 Å². The number of pyridine rings is 1. The summed E-state index contributed by atoms with van der Waals surface area (Å²) in [7, 11) is 0. The van der Waals surface area contributed by atoms with Crippen LogP contribution in [-0.2, 0) is 0 Å². The lowest BCUT2D eigenvalue weighted by atomic mass is 10.5. The van der Waals surface area contributed by atoms with Crippen molar-refractivity contribution in [2.45, 2.75) is 0 Å². The van der Waals surface area contributed by atoms with Crippen LogP contribution in [0.25, 0.3) is 0 Å². The van der Waals surface area contributed by atoms with Gasteiger partial charge in [0.1, 0.15) is 0 Å². The van der Waals surface area contributed by atoms with Gasteiger partial charge in [0.15, 0.2) is 6.20 Å². The van der Waals surface area contributed by atoms with Gasteiger partial charge in [0.2, 0.25) is 0 Å². The summed E-state index contributed by atoms with van der Waals surface area (Å²) in [5.74, 6) is 0. The normalized spacial score (nSPS) is 9.12. The molecule has 0 N–H and O–H groups in total. The first kappa shape index (κ1) is 5.81. The zero-order chi connectivity index (χ0) is 5.98. The lowest BCUT2D eigenvalue weighted by Crippen LogP contribution is -2.24. The van der Waals surface area contributed by atoms with E-state index in [1.54, 1.807) is 6.07 Å². The molecule has 0 saturated heterocycles. The maximum atomic E-state index is 10.3. The highest BCUT2D eigenvalue weighted by molar-refractivity contribution is 14.1. The van der Waals surface area contributed by atoms with Crippen LogP contribution in [0.15, 0.2) is 18.3 Å². The fraction of sp³-hybridized carbons (Fsp3) is 0. The van der Waals surface area contributed by atoms with E-state index in [-0.39, 0.29) is 0 Å². The van der Waals surface area contributed by atoms with E-state index in [0.717, 1.165) is 3.57 Å². The Hall–Kier alpha value is -0.320. The fourth-order valence-corrected chi connectivity index (χ4v) is 0.831. The Kier molecular flexibility index (Phi) is 1.67. The van der Waals surface area contributed by atoms with Crippen molar-refractivity contribution in [2.75, 3.05) is 0 Å². The molecule has 1 aromatic heterocycles. The predicted octanol–water partition coefficient (Wildman–Crippen LogP) is 0.725. The van der Waals surface area contributed by atoms with Crippen molar-refractivity contribution in [3.05, 3.63) is 33.3 Å². The number of aromatic nitrogens is 1. The molecule has 0 aromatic carbocycles. The van der Waals surface area contributed by atoms with Crippen molar-refractivity contribution in [3.8, 4) is 0 Å². The third-order valence-corrected chi connectivity index (χ3v) is 1.28. The standard InChI is InChI=1S/C5H3INO/c6-5-2-1-3-7(8)4-5/h1-3H. The average Bonchev–Trinajstić information content (AvgIpc) is 1.64. The van der Waals surface area contributed by atoms with Gasteiger partial charge < -0.3 is 5.21 Å². The number of hydrogen-bond acceptors (Lipinski definition) is 1. The highest BCUT2D eigenvalue weighted by atomic mass is 127. The molecule has 0 aliphatic rings. The molecule has 1 heterocycles. The molecule has 0 saturated carbocycles. The van der Waals surface area contributed by atoms with Gasteiger partial charge in [0, 0.05) is 6.07 Å². The van der Waals surface area contributed by atoms with E-state index in [2.05, 4.69) is 6.20 Å². The molecule has 2 nitrogen and oxygen atoms in total. The minimum Gasteiger partial charge on any atom is -0.618 e. The lowest BCUT2D eigenvalue weighted by molar-refractivity contribution is -0.610. The van der Waals surface area contributed by atoms with Gasteiger partial charge in [-0.05, 0) is 28.7 Å². The molecule has 8 heavy (non-hydrogen) atoms. The smallest absolute Gasteiger partial charge is 0.304 e. The Morgan fingerprint density at radius 2 is 2.50 bits per heavy atom. The monoisotopic (exact) mass is 220 g/mol. The van der Waals surface area contributed by atoms with Gasteiger partial charge in [0.25, 0.3) is 0 Å². The SMILES string of the molecule is [O-][n+]1[c]c(I)ccc1. The molecule has 0 unspecified atom stereocenters. The third-order valence-electron chi connectivity index (χ3n) is 0.681. The molecule has 0 bridgehead atoms. The zero-order valence-electron chi connectivity index (χ0n) is 3.97. The van der Waals surface area contributed by atoms with Gasteiger partial charge in [-0.3, -0.25) is 0 Å². The Bertz CT molecular complexity index is 172. The average molecular weight is 220 g/mol. The van der Waals surface area contributed by atoms with Gasteiger partial charge >= 0.3 is 6.20 Å². The first-order valence-corrected chi connectivity index (χ1v) is 3.14. The molecule has 0 fully saturated rings. The van der Waals surface area contributed by atoms with Gasteiger partial charge in [0.05, 0.1) is 3.57 Å². The summed E-state index contributed by atoms with van der Waals surface area (Å²) < 4.78 is 1.49. The molecule has 1 radical (unpaired) electrons. The fourth-order valence-electron chi connectivity index (χ4n) is 0.385. The number of nitrogens with zero attached hydrogens (tertiary/aromatic N) is 1. The molecule has 0 aliphatic heterocycles. The number of rotatable bonds is 0. The van der Waals surface area contributed by atoms with Crippen molar-refractivity contribution in [2.24, 2.45) is 0 Å². The molecule has 0 atom stereocenters. The number of hydrogen-bond donors (Lipinski definition) is 0. The van der Waals surface area contributed by atoms with Crippen LogP contribution in [0.2, 0.25) is 0 Å². The molecule has 3 heteroatoms. The second-order valence-corrected chi connectivity index (χ2v) is 2.46.